The van der Waals surface area contributed by atoms with Gasteiger partial charge in [0, 0.05) is 19.6 Å². The molecule has 0 spiro atoms. The van der Waals surface area contributed by atoms with Crippen LogP contribution in [0.5, 0.6) is 0 Å². The van der Waals surface area contributed by atoms with E-state index in [1.165, 1.54) is 4.31 Å². The summed E-state index contributed by atoms with van der Waals surface area (Å²) in [6.45, 7) is 3.50. The molecule has 0 unspecified atom stereocenters. The van der Waals surface area contributed by atoms with E-state index in [4.69, 9.17) is 5.73 Å². The highest BCUT2D eigenvalue weighted by atomic mass is 32.2. The monoisotopic (exact) mass is 293 g/mol. The maximum atomic E-state index is 12.3. The van der Waals surface area contributed by atoms with Gasteiger partial charge in [0.05, 0.1) is 0 Å². The maximum Gasteiger partial charge on any atom is 0.272 e. The molecular formula is C9H19N5O2S2. The van der Waals surface area contributed by atoms with Crippen molar-refractivity contribution in [3.05, 3.63) is 0 Å². The highest BCUT2D eigenvalue weighted by Gasteiger charge is 2.27. The van der Waals surface area contributed by atoms with Gasteiger partial charge in [-0.3, -0.25) is 0 Å². The predicted octanol–water partition coefficient (Wildman–Crippen LogP) is 0.0826. The van der Waals surface area contributed by atoms with Crippen LogP contribution in [0.4, 0.5) is 5.13 Å². The predicted molar refractivity (Wildman–Crippen MR) is 71.9 cm³/mol. The molecule has 0 aliphatic carbocycles. The van der Waals surface area contributed by atoms with E-state index in [9.17, 15) is 8.42 Å². The molecule has 0 aliphatic heterocycles. The number of anilines is 1. The van der Waals surface area contributed by atoms with Crippen molar-refractivity contribution in [2.75, 3.05) is 39.5 Å². The first-order chi connectivity index (χ1) is 8.37. The van der Waals surface area contributed by atoms with E-state index >= 15 is 0 Å². The Morgan fingerprint density at radius 2 is 1.89 bits per heavy atom. The lowest BCUT2D eigenvalue weighted by molar-refractivity contribution is 0.332. The van der Waals surface area contributed by atoms with Crippen LogP contribution < -0.4 is 5.73 Å². The van der Waals surface area contributed by atoms with Crippen molar-refractivity contribution in [2.24, 2.45) is 0 Å². The molecule has 18 heavy (non-hydrogen) atoms. The van der Waals surface area contributed by atoms with Gasteiger partial charge in [-0.25, -0.2) is 8.42 Å². The fraction of sp³-hybridized carbons (Fsp3) is 0.778. The Bertz CT molecular complexity index is 471. The van der Waals surface area contributed by atoms with Crippen molar-refractivity contribution < 1.29 is 8.42 Å². The van der Waals surface area contributed by atoms with E-state index in [-0.39, 0.29) is 9.47 Å². The van der Waals surface area contributed by atoms with Gasteiger partial charge in [0.1, 0.15) is 0 Å². The molecule has 1 heterocycles. The molecule has 0 saturated carbocycles. The zero-order valence-electron chi connectivity index (χ0n) is 10.8. The van der Waals surface area contributed by atoms with Gasteiger partial charge in [-0.05, 0) is 20.5 Å². The zero-order chi connectivity index (χ0) is 13.8. The number of nitrogens with zero attached hydrogens (tertiary/aromatic N) is 4. The Labute approximate surface area is 112 Å². The minimum atomic E-state index is -3.57. The summed E-state index contributed by atoms with van der Waals surface area (Å²) in [5.41, 5.74) is 5.43. The molecule has 0 aliphatic rings. The van der Waals surface area contributed by atoms with Crippen molar-refractivity contribution in [3.63, 3.8) is 0 Å². The molecule has 0 fully saturated rings. The Kier molecular flexibility index (Phi) is 5.45. The van der Waals surface area contributed by atoms with Crippen molar-refractivity contribution in [1.29, 1.82) is 0 Å². The number of hydrogen-bond acceptors (Lipinski definition) is 7. The van der Waals surface area contributed by atoms with Gasteiger partial charge in [0.15, 0.2) is 0 Å². The molecule has 0 saturated heterocycles. The van der Waals surface area contributed by atoms with Crippen molar-refractivity contribution in [3.8, 4) is 0 Å². The van der Waals surface area contributed by atoms with Gasteiger partial charge < -0.3 is 10.6 Å². The summed E-state index contributed by atoms with van der Waals surface area (Å²) in [5.74, 6) is 0. The average molecular weight is 293 g/mol. The van der Waals surface area contributed by atoms with Crippen LogP contribution in [0.25, 0.3) is 0 Å². The van der Waals surface area contributed by atoms with Gasteiger partial charge in [0.2, 0.25) is 9.47 Å². The van der Waals surface area contributed by atoms with Gasteiger partial charge in [-0.2, -0.15) is 4.31 Å². The molecule has 0 radical (unpaired) electrons. The zero-order valence-corrected chi connectivity index (χ0v) is 12.5. The molecule has 2 N–H and O–H groups in total. The summed E-state index contributed by atoms with van der Waals surface area (Å²) < 4.78 is 26.0. The third-order valence-electron chi connectivity index (χ3n) is 2.25. The first-order valence-electron chi connectivity index (χ1n) is 5.61. The summed E-state index contributed by atoms with van der Waals surface area (Å²) >= 11 is 0.895. The van der Waals surface area contributed by atoms with Crippen LogP contribution in [0.3, 0.4) is 0 Å². The minimum absolute atomic E-state index is 0.0350. The third kappa shape index (κ3) is 3.87. The molecule has 1 aromatic heterocycles. The summed E-state index contributed by atoms with van der Waals surface area (Å²) in [5, 5.41) is 7.33. The second kappa shape index (κ2) is 6.41. The topological polar surface area (TPSA) is 92.4 Å². The van der Waals surface area contributed by atoms with Crippen molar-refractivity contribution in [1.82, 2.24) is 19.4 Å². The van der Waals surface area contributed by atoms with Crippen LogP contribution in [0.15, 0.2) is 4.34 Å². The highest BCUT2D eigenvalue weighted by molar-refractivity contribution is 7.91. The Morgan fingerprint density at radius 3 is 2.33 bits per heavy atom. The van der Waals surface area contributed by atoms with Crippen LogP contribution in [0, 0.1) is 0 Å². The average Bonchev–Trinajstić information content (AvgIpc) is 2.71. The fourth-order valence-corrected chi connectivity index (χ4v) is 3.79. The first-order valence-corrected chi connectivity index (χ1v) is 7.87. The molecule has 1 rings (SSSR count). The number of rotatable bonds is 7. The summed E-state index contributed by atoms with van der Waals surface area (Å²) in [7, 11) is 0.238. The van der Waals surface area contributed by atoms with E-state index in [1.807, 2.05) is 25.9 Å². The van der Waals surface area contributed by atoms with Crippen LogP contribution in [0.1, 0.15) is 13.3 Å². The lowest BCUT2D eigenvalue weighted by Crippen LogP contribution is -2.37. The highest BCUT2D eigenvalue weighted by Crippen LogP contribution is 2.21. The van der Waals surface area contributed by atoms with Gasteiger partial charge in [0.25, 0.3) is 10.0 Å². The normalized spacial score (nSPS) is 12.5. The number of likely N-dealkylation sites (N-methyl/N-ethyl adjacent to an activating group) is 1. The second-order valence-corrected chi connectivity index (χ2v) is 7.23. The third-order valence-corrected chi connectivity index (χ3v) is 5.25. The van der Waals surface area contributed by atoms with E-state index in [2.05, 4.69) is 10.2 Å². The standard InChI is InChI=1S/C9H19N5O2S2/c1-4-5-14(7-6-13(2)3)18(15,16)9-12-11-8(10)17-9/h4-7H2,1-3H3,(H2,10,11). The van der Waals surface area contributed by atoms with E-state index in [0.717, 1.165) is 17.8 Å². The maximum absolute atomic E-state index is 12.3. The fourth-order valence-electron chi connectivity index (χ4n) is 1.35. The van der Waals surface area contributed by atoms with E-state index in [0.29, 0.717) is 19.6 Å². The van der Waals surface area contributed by atoms with Gasteiger partial charge in [-0.1, -0.05) is 18.3 Å². The molecule has 0 aromatic carbocycles. The molecule has 9 heteroatoms. The largest absolute Gasteiger partial charge is 0.374 e. The summed E-state index contributed by atoms with van der Waals surface area (Å²) in [6.07, 6.45) is 0.751. The lowest BCUT2D eigenvalue weighted by Gasteiger charge is -2.21. The first kappa shape index (κ1) is 15.3. The lowest BCUT2D eigenvalue weighted by atomic mass is 10.4. The number of nitrogens with two attached hydrogens (primary N) is 1. The summed E-state index contributed by atoms with van der Waals surface area (Å²) in [6, 6.07) is 0. The molecular weight excluding hydrogens is 274 g/mol. The second-order valence-electron chi connectivity index (χ2n) is 4.11. The van der Waals surface area contributed by atoms with Crippen LogP contribution in [0.2, 0.25) is 0 Å². The van der Waals surface area contributed by atoms with Gasteiger partial charge in [-0.15, -0.1) is 10.2 Å². The Hall–Kier alpha value is -0.770. The van der Waals surface area contributed by atoms with Crippen LogP contribution in [-0.2, 0) is 10.0 Å². The number of aromatic nitrogens is 2. The van der Waals surface area contributed by atoms with Crippen molar-refractivity contribution in [2.45, 2.75) is 17.7 Å². The quantitative estimate of drug-likeness (QED) is 0.765. The van der Waals surface area contributed by atoms with E-state index < -0.39 is 10.0 Å². The van der Waals surface area contributed by atoms with Gasteiger partial charge >= 0.3 is 0 Å². The Morgan fingerprint density at radius 1 is 1.22 bits per heavy atom. The van der Waals surface area contributed by atoms with Crippen molar-refractivity contribution >= 4 is 26.5 Å². The molecule has 0 atom stereocenters. The van der Waals surface area contributed by atoms with Crippen LogP contribution >= 0.6 is 11.3 Å². The smallest absolute Gasteiger partial charge is 0.272 e. The molecule has 0 bridgehead atoms. The summed E-state index contributed by atoms with van der Waals surface area (Å²) in [4.78, 5) is 1.94. The molecule has 1 aromatic rings. The number of hydrogen-bond donors (Lipinski definition) is 1. The SMILES string of the molecule is CCCN(CCN(C)C)S(=O)(=O)c1nnc(N)s1. The number of sulfonamides is 1. The van der Waals surface area contributed by atoms with Crippen LogP contribution in [-0.4, -0.2) is 61.5 Å². The van der Waals surface area contributed by atoms with E-state index in [1.54, 1.807) is 0 Å². The molecule has 0 amide bonds. The number of nitrogen functional groups attached to an aromatic ring is 1. The molecule has 7 nitrogen and oxygen atoms in total. The minimum Gasteiger partial charge on any atom is -0.374 e. The molecule has 104 valence electrons. The Balaban J connectivity index is 2.89.